The van der Waals surface area contributed by atoms with Crippen molar-refractivity contribution in [2.75, 3.05) is 17.3 Å². The first-order valence-electron chi connectivity index (χ1n) is 5.29. The van der Waals surface area contributed by atoms with Gasteiger partial charge in [0.25, 0.3) is 0 Å². The second-order valence-electron chi connectivity index (χ2n) is 3.56. The van der Waals surface area contributed by atoms with E-state index in [1.165, 1.54) is 12.0 Å². The van der Waals surface area contributed by atoms with Gasteiger partial charge in [-0.15, -0.1) is 0 Å². The third-order valence-electron chi connectivity index (χ3n) is 2.42. The van der Waals surface area contributed by atoms with Crippen LogP contribution in [0.2, 0.25) is 0 Å². The molecule has 0 aliphatic rings. The van der Waals surface area contributed by atoms with Crippen LogP contribution in [0.25, 0.3) is 0 Å². The molecule has 0 amide bonds. The molecule has 0 aliphatic carbocycles. The molecule has 7 heteroatoms. The quantitative estimate of drug-likeness (QED) is 0.503. The maximum atomic E-state index is 5.26. The summed E-state index contributed by atoms with van der Waals surface area (Å²) in [4.78, 5) is 8.02. The van der Waals surface area contributed by atoms with E-state index in [0.29, 0.717) is 5.82 Å². The molecule has 2 aromatic rings. The lowest BCUT2D eigenvalue weighted by Gasteiger charge is -2.06. The molecule has 0 aromatic carbocycles. The number of hydrazine groups is 1. The van der Waals surface area contributed by atoms with Crippen LogP contribution in [0.5, 0.6) is 0 Å². The number of aromatic nitrogens is 4. The highest BCUT2D eigenvalue weighted by molar-refractivity contribution is 5.45. The molecule has 4 N–H and O–H groups in total. The van der Waals surface area contributed by atoms with Crippen molar-refractivity contribution in [2.45, 2.75) is 6.42 Å². The Hall–Kier alpha value is -2.15. The first-order chi connectivity index (χ1) is 8.29. The predicted octanol–water partition coefficient (Wildman–Crippen LogP) is 0.150. The molecule has 2 heterocycles. The number of anilines is 2. The highest BCUT2D eigenvalue weighted by Crippen LogP contribution is 2.07. The summed E-state index contributed by atoms with van der Waals surface area (Å²) in [5, 5.41) is 7.30. The second kappa shape index (κ2) is 5.26. The van der Waals surface area contributed by atoms with E-state index in [-0.39, 0.29) is 0 Å². The van der Waals surface area contributed by atoms with Crippen LogP contribution in [-0.2, 0) is 13.5 Å². The molecule has 0 unspecified atom stereocenters. The van der Waals surface area contributed by atoms with Gasteiger partial charge in [-0.2, -0.15) is 5.10 Å². The summed E-state index contributed by atoms with van der Waals surface area (Å²) in [7, 11) is 1.93. The van der Waals surface area contributed by atoms with Crippen LogP contribution in [0.1, 0.15) is 5.69 Å². The molecule has 7 nitrogen and oxygen atoms in total. The number of hydrogen-bond acceptors (Lipinski definition) is 6. The van der Waals surface area contributed by atoms with Gasteiger partial charge in [-0.05, 0) is 6.07 Å². The van der Waals surface area contributed by atoms with E-state index < -0.39 is 0 Å². The number of aryl methyl sites for hydroxylation is 1. The second-order valence-corrected chi connectivity index (χ2v) is 3.56. The zero-order chi connectivity index (χ0) is 12.1. The Bertz CT molecular complexity index is 479. The SMILES string of the molecule is Cn1nccc1CCNc1cc(NN)ncn1. The van der Waals surface area contributed by atoms with E-state index in [9.17, 15) is 0 Å². The van der Waals surface area contributed by atoms with E-state index >= 15 is 0 Å². The summed E-state index contributed by atoms with van der Waals surface area (Å²) >= 11 is 0. The van der Waals surface area contributed by atoms with Gasteiger partial charge in [-0.1, -0.05) is 0 Å². The van der Waals surface area contributed by atoms with Crippen LogP contribution in [0.3, 0.4) is 0 Å². The minimum Gasteiger partial charge on any atom is -0.370 e. The number of rotatable bonds is 5. The minimum absolute atomic E-state index is 0.586. The molecule has 0 aliphatic heterocycles. The maximum absolute atomic E-state index is 5.26. The molecule has 0 bridgehead atoms. The van der Waals surface area contributed by atoms with Gasteiger partial charge in [-0.25, -0.2) is 15.8 Å². The van der Waals surface area contributed by atoms with Crippen molar-refractivity contribution in [2.24, 2.45) is 12.9 Å². The highest BCUT2D eigenvalue weighted by Gasteiger charge is 1.99. The van der Waals surface area contributed by atoms with E-state index in [4.69, 9.17) is 5.84 Å². The summed E-state index contributed by atoms with van der Waals surface area (Å²) in [5.74, 6) is 6.60. The number of hydrogen-bond donors (Lipinski definition) is 3. The Kier molecular flexibility index (Phi) is 3.51. The summed E-state index contributed by atoms with van der Waals surface area (Å²) in [5.41, 5.74) is 3.65. The molecule has 0 radical (unpaired) electrons. The molecule has 90 valence electrons. The van der Waals surface area contributed by atoms with Gasteiger partial charge in [-0.3, -0.25) is 4.68 Å². The van der Waals surface area contributed by atoms with Crippen LogP contribution in [0.15, 0.2) is 24.7 Å². The minimum atomic E-state index is 0.586. The van der Waals surface area contributed by atoms with Crippen LogP contribution >= 0.6 is 0 Å². The number of nitrogens with zero attached hydrogens (tertiary/aromatic N) is 4. The molecule has 0 spiro atoms. The number of nitrogens with one attached hydrogen (secondary N) is 2. The van der Waals surface area contributed by atoms with E-state index in [1.807, 2.05) is 17.8 Å². The lowest BCUT2D eigenvalue weighted by atomic mass is 10.3. The normalized spacial score (nSPS) is 10.2. The summed E-state index contributed by atoms with van der Waals surface area (Å²) in [6.45, 7) is 0.778. The Morgan fingerprint density at radius 1 is 1.35 bits per heavy atom. The van der Waals surface area contributed by atoms with Crippen LogP contribution < -0.4 is 16.6 Å². The highest BCUT2D eigenvalue weighted by atomic mass is 15.3. The van der Waals surface area contributed by atoms with Crippen molar-refractivity contribution < 1.29 is 0 Å². The van der Waals surface area contributed by atoms with Gasteiger partial charge >= 0.3 is 0 Å². The molecule has 0 atom stereocenters. The molecule has 0 saturated carbocycles. The van der Waals surface area contributed by atoms with Gasteiger partial charge in [0, 0.05) is 38.0 Å². The molecular formula is C10H15N7. The van der Waals surface area contributed by atoms with Crippen molar-refractivity contribution in [1.29, 1.82) is 0 Å². The zero-order valence-corrected chi connectivity index (χ0v) is 9.59. The Balaban J connectivity index is 1.87. The first-order valence-corrected chi connectivity index (χ1v) is 5.29. The molecular weight excluding hydrogens is 218 g/mol. The number of nitrogen functional groups attached to an aromatic ring is 1. The third-order valence-corrected chi connectivity index (χ3v) is 2.42. The molecule has 17 heavy (non-hydrogen) atoms. The van der Waals surface area contributed by atoms with Crippen molar-refractivity contribution in [3.05, 3.63) is 30.4 Å². The van der Waals surface area contributed by atoms with Crippen LogP contribution in [0, 0.1) is 0 Å². The molecule has 2 aromatic heterocycles. The maximum Gasteiger partial charge on any atom is 0.145 e. The fraction of sp³-hybridized carbons (Fsp3) is 0.300. The predicted molar refractivity (Wildman–Crippen MR) is 65.2 cm³/mol. The molecule has 0 saturated heterocycles. The van der Waals surface area contributed by atoms with Crippen molar-refractivity contribution in [1.82, 2.24) is 19.7 Å². The van der Waals surface area contributed by atoms with Gasteiger partial charge < -0.3 is 10.7 Å². The molecule has 0 fully saturated rings. The van der Waals surface area contributed by atoms with E-state index in [2.05, 4.69) is 25.8 Å². The summed E-state index contributed by atoms with van der Waals surface area (Å²) < 4.78 is 1.86. The Morgan fingerprint density at radius 3 is 2.88 bits per heavy atom. The van der Waals surface area contributed by atoms with Gasteiger partial charge in [0.1, 0.15) is 18.0 Å². The van der Waals surface area contributed by atoms with Crippen molar-refractivity contribution in [3.63, 3.8) is 0 Å². The average molecular weight is 233 g/mol. The van der Waals surface area contributed by atoms with Crippen LogP contribution in [0.4, 0.5) is 11.6 Å². The van der Waals surface area contributed by atoms with E-state index in [0.717, 1.165) is 18.8 Å². The lowest BCUT2D eigenvalue weighted by Crippen LogP contribution is -2.12. The first kappa shape index (κ1) is 11.3. The third kappa shape index (κ3) is 2.91. The van der Waals surface area contributed by atoms with Gasteiger partial charge in [0.2, 0.25) is 0 Å². The topological polar surface area (TPSA) is 93.7 Å². The smallest absolute Gasteiger partial charge is 0.145 e. The van der Waals surface area contributed by atoms with Gasteiger partial charge in [0.05, 0.1) is 0 Å². The van der Waals surface area contributed by atoms with Crippen molar-refractivity contribution in [3.8, 4) is 0 Å². The summed E-state index contributed by atoms with van der Waals surface area (Å²) in [6, 6.07) is 3.75. The summed E-state index contributed by atoms with van der Waals surface area (Å²) in [6.07, 6.45) is 4.13. The monoisotopic (exact) mass is 233 g/mol. The molecule has 2 rings (SSSR count). The largest absolute Gasteiger partial charge is 0.370 e. The van der Waals surface area contributed by atoms with E-state index in [1.54, 1.807) is 12.3 Å². The standard InChI is InChI=1S/C10H15N7/c1-17-8(3-5-15-17)2-4-12-9-6-10(16-11)14-7-13-9/h3,5-7H,2,4,11H2,1H3,(H2,12,13,14,16). The Labute approximate surface area is 99.0 Å². The van der Waals surface area contributed by atoms with Crippen molar-refractivity contribution >= 4 is 11.6 Å². The zero-order valence-electron chi connectivity index (χ0n) is 9.59. The average Bonchev–Trinajstić information content (AvgIpc) is 2.76. The Morgan fingerprint density at radius 2 is 2.18 bits per heavy atom. The van der Waals surface area contributed by atoms with Gasteiger partial charge in [0.15, 0.2) is 0 Å². The lowest BCUT2D eigenvalue weighted by molar-refractivity contribution is 0.711. The number of nitrogens with two attached hydrogens (primary N) is 1. The fourth-order valence-electron chi connectivity index (χ4n) is 1.50. The fourth-order valence-corrected chi connectivity index (χ4v) is 1.50. The van der Waals surface area contributed by atoms with Crippen LogP contribution in [-0.4, -0.2) is 26.3 Å².